The number of aryl methyl sites for hydroxylation is 1. The first-order valence-corrected chi connectivity index (χ1v) is 4.80. The molecule has 0 aliphatic rings. The zero-order valence-corrected chi connectivity index (χ0v) is 8.94. The molecule has 0 amide bonds. The largest absolute Gasteiger partial charge is 0.423 e. The summed E-state index contributed by atoms with van der Waals surface area (Å²) in [6.45, 7) is 3.87. The summed E-state index contributed by atoms with van der Waals surface area (Å²) in [6.07, 6.45) is 6.66. The Morgan fingerprint density at radius 1 is 1.20 bits per heavy atom. The van der Waals surface area contributed by atoms with Gasteiger partial charge < -0.3 is 4.74 Å². The maximum absolute atomic E-state index is 11.2. The van der Waals surface area contributed by atoms with Gasteiger partial charge in [-0.1, -0.05) is 35.9 Å². The Bertz CT molecular complexity index is 372. The molecule has 78 valence electrons. The lowest BCUT2D eigenvalue weighted by Crippen LogP contribution is -2.03. The van der Waals surface area contributed by atoms with Crippen LogP contribution in [0.1, 0.15) is 12.5 Å². The molecule has 2 heteroatoms. The van der Waals surface area contributed by atoms with E-state index >= 15 is 0 Å². The highest BCUT2D eigenvalue weighted by Crippen LogP contribution is 2.11. The molecule has 0 bridgehead atoms. The number of hydrogen-bond acceptors (Lipinski definition) is 2. The molecule has 0 spiro atoms. The van der Waals surface area contributed by atoms with E-state index in [4.69, 9.17) is 4.74 Å². The summed E-state index contributed by atoms with van der Waals surface area (Å²) in [7, 11) is 0. The van der Waals surface area contributed by atoms with Crippen LogP contribution in [0.4, 0.5) is 0 Å². The van der Waals surface area contributed by atoms with Gasteiger partial charge in [0, 0.05) is 6.08 Å². The van der Waals surface area contributed by atoms with Crippen LogP contribution >= 0.6 is 0 Å². The summed E-state index contributed by atoms with van der Waals surface area (Å²) in [5.74, 6) is 0.202. The van der Waals surface area contributed by atoms with E-state index in [-0.39, 0.29) is 5.97 Å². The second-order valence-electron chi connectivity index (χ2n) is 3.12. The summed E-state index contributed by atoms with van der Waals surface area (Å²) < 4.78 is 5.06. The molecule has 1 aromatic rings. The van der Waals surface area contributed by atoms with E-state index in [0.29, 0.717) is 5.75 Å². The Balaban J connectivity index is 2.55. The van der Waals surface area contributed by atoms with Crippen LogP contribution in [-0.4, -0.2) is 5.97 Å². The van der Waals surface area contributed by atoms with Crippen molar-refractivity contribution < 1.29 is 9.53 Å². The average Bonchev–Trinajstić information content (AvgIpc) is 2.22. The van der Waals surface area contributed by atoms with Gasteiger partial charge >= 0.3 is 5.97 Å². The van der Waals surface area contributed by atoms with Crippen molar-refractivity contribution >= 4 is 5.97 Å². The van der Waals surface area contributed by atoms with Gasteiger partial charge in [0.15, 0.2) is 0 Å². The van der Waals surface area contributed by atoms with Crippen LogP contribution in [0.25, 0.3) is 0 Å². The number of benzene rings is 1. The highest BCUT2D eigenvalue weighted by atomic mass is 16.5. The summed E-state index contributed by atoms with van der Waals surface area (Å²) in [4.78, 5) is 11.2. The molecule has 15 heavy (non-hydrogen) atoms. The minimum Gasteiger partial charge on any atom is -0.423 e. The summed E-state index contributed by atoms with van der Waals surface area (Å²) in [5.41, 5.74) is 1.14. The molecule has 1 aromatic carbocycles. The maximum atomic E-state index is 11.2. The number of rotatable bonds is 3. The Morgan fingerprint density at radius 3 is 2.47 bits per heavy atom. The van der Waals surface area contributed by atoms with Crippen LogP contribution in [0, 0.1) is 6.92 Å². The van der Waals surface area contributed by atoms with E-state index < -0.39 is 0 Å². The van der Waals surface area contributed by atoms with Crippen molar-refractivity contribution in [3.05, 3.63) is 54.1 Å². The third-order valence-electron chi connectivity index (χ3n) is 1.78. The highest BCUT2D eigenvalue weighted by molar-refractivity contribution is 5.84. The number of esters is 1. The number of hydrogen-bond donors (Lipinski definition) is 0. The van der Waals surface area contributed by atoms with Gasteiger partial charge in [-0.3, -0.25) is 0 Å². The molecule has 0 N–H and O–H groups in total. The van der Waals surface area contributed by atoms with Crippen LogP contribution < -0.4 is 4.74 Å². The van der Waals surface area contributed by atoms with E-state index in [1.165, 1.54) is 6.08 Å². The first-order valence-electron chi connectivity index (χ1n) is 4.80. The fraction of sp³-hybridized carbons (Fsp3) is 0.154. The van der Waals surface area contributed by atoms with E-state index in [9.17, 15) is 4.79 Å². The molecule has 1 rings (SSSR count). The fourth-order valence-corrected chi connectivity index (χ4v) is 1.00. The standard InChI is InChI=1S/C13H14O2/c1-3-4-5-6-13(14)15-12-9-7-11(2)8-10-12/h3-10H,1-2H3. The topological polar surface area (TPSA) is 26.3 Å². The van der Waals surface area contributed by atoms with Crippen molar-refractivity contribution in [3.63, 3.8) is 0 Å². The normalized spacial score (nSPS) is 11.1. The van der Waals surface area contributed by atoms with Crippen molar-refractivity contribution in [1.82, 2.24) is 0 Å². The fourth-order valence-electron chi connectivity index (χ4n) is 1.00. The first-order chi connectivity index (χ1) is 7.22. The van der Waals surface area contributed by atoms with E-state index in [1.807, 2.05) is 32.1 Å². The number of carbonyl (C=O) groups excluding carboxylic acids is 1. The van der Waals surface area contributed by atoms with Gasteiger partial charge in [-0.25, -0.2) is 4.79 Å². The molecule has 0 heterocycles. The third-order valence-corrected chi connectivity index (χ3v) is 1.78. The zero-order chi connectivity index (χ0) is 11.1. The molecule has 0 saturated carbocycles. The van der Waals surface area contributed by atoms with Crippen molar-refractivity contribution in [2.75, 3.05) is 0 Å². The molecule has 0 radical (unpaired) electrons. The molecule has 2 nitrogen and oxygen atoms in total. The molecule has 0 aliphatic heterocycles. The molecular formula is C13H14O2. The van der Waals surface area contributed by atoms with Crippen LogP contribution in [0.5, 0.6) is 5.75 Å². The Hall–Kier alpha value is -1.83. The Kier molecular flexibility index (Phi) is 4.35. The predicted octanol–water partition coefficient (Wildman–Crippen LogP) is 3.03. The van der Waals surface area contributed by atoms with Crippen molar-refractivity contribution in [3.8, 4) is 5.75 Å². The smallest absolute Gasteiger partial charge is 0.336 e. The monoisotopic (exact) mass is 202 g/mol. The van der Waals surface area contributed by atoms with Gasteiger partial charge in [0.05, 0.1) is 0 Å². The summed E-state index contributed by atoms with van der Waals surface area (Å²) >= 11 is 0. The average molecular weight is 202 g/mol. The van der Waals surface area contributed by atoms with E-state index in [1.54, 1.807) is 24.3 Å². The van der Waals surface area contributed by atoms with Gasteiger partial charge in [-0.15, -0.1) is 0 Å². The van der Waals surface area contributed by atoms with E-state index in [2.05, 4.69) is 0 Å². The molecule has 0 aliphatic carbocycles. The van der Waals surface area contributed by atoms with Gasteiger partial charge in [-0.05, 0) is 26.0 Å². The molecule has 0 unspecified atom stereocenters. The zero-order valence-electron chi connectivity index (χ0n) is 8.94. The highest BCUT2D eigenvalue weighted by Gasteiger charge is 1.98. The SMILES string of the molecule is CC=CC=CC(=O)Oc1ccc(C)cc1. The second kappa shape index (κ2) is 5.81. The third kappa shape index (κ3) is 4.27. The predicted molar refractivity (Wildman–Crippen MR) is 60.8 cm³/mol. The minimum atomic E-state index is -0.364. The van der Waals surface area contributed by atoms with Gasteiger partial charge in [0.1, 0.15) is 5.75 Å². The lowest BCUT2D eigenvalue weighted by molar-refractivity contribution is -0.128. The molecule has 0 saturated heterocycles. The molecule has 0 aromatic heterocycles. The quantitative estimate of drug-likeness (QED) is 0.326. The lowest BCUT2D eigenvalue weighted by atomic mass is 10.2. The maximum Gasteiger partial charge on any atom is 0.336 e. The Morgan fingerprint density at radius 2 is 1.87 bits per heavy atom. The number of ether oxygens (including phenoxy) is 1. The molecule has 0 atom stereocenters. The summed E-state index contributed by atoms with van der Waals surface area (Å²) in [5, 5.41) is 0. The first kappa shape index (κ1) is 11.2. The van der Waals surface area contributed by atoms with Crippen LogP contribution in [-0.2, 0) is 4.79 Å². The van der Waals surface area contributed by atoms with Gasteiger partial charge in [-0.2, -0.15) is 0 Å². The van der Waals surface area contributed by atoms with Crippen LogP contribution in [0.2, 0.25) is 0 Å². The number of allylic oxidation sites excluding steroid dienone is 3. The van der Waals surface area contributed by atoms with Crippen molar-refractivity contribution in [2.45, 2.75) is 13.8 Å². The van der Waals surface area contributed by atoms with Gasteiger partial charge in [0.25, 0.3) is 0 Å². The van der Waals surface area contributed by atoms with Gasteiger partial charge in [0.2, 0.25) is 0 Å². The van der Waals surface area contributed by atoms with Crippen molar-refractivity contribution in [1.29, 1.82) is 0 Å². The lowest BCUT2D eigenvalue weighted by Gasteiger charge is -2.00. The van der Waals surface area contributed by atoms with Crippen LogP contribution in [0.3, 0.4) is 0 Å². The Labute approximate surface area is 89.9 Å². The van der Waals surface area contributed by atoms with Crippen LogP contribution in [0.15, 0.2) is 48.6 Å². The summed E-state index contributed by atoms with van der Waals surface area (Å²) in [6, 6.07) is 7.35. The molecular weight excluding hydrogens is 188 g/mol. The van der Waals surface area contributed by atoms with E-state index in [0.717, 1.165) is 5.56 Å². The molecule has 0 fully saturated rings. The number of carbonyl (C=O) groups is 1. The minimum absolute atomic E-state index is 0.364. The van der Waals surface area contributed by atoms with Crippen molar-refractivity contribution in [2.24, 2.45) is 0 Å². The second-order valence-corrected chi connectivity index (χ2v) is 3.12.